The predicted octanol–water partition coefficient (Wildman–Crippen LogP) is 0.0805. The van der Waals surface area contributed by atoms with Gasteiger partial charge >= 0.3 is 20.8 Å². The van der Waals surface area contributed by atoms with Crippen LogP contribution in [0.4, 0.5) is 0 Å². The van der Waals surface area contributed by atoms with Crippen LogP contribution in [0, 0.1) is 29.6 Å². The molecule has 35 heavy (non-hydrogen) atoms. The molecule has 0 aliphatic carbocycles. The Balaban J connectivity index is 2.15. The first-order chi connectivity index (χ1) is 16.2. The van der Waals surface area contributed by atoms with Crippen LogP contribution in [0.15, 0.2) is 0 Å². The molecule has 0 amide bonds. The Morgan fingerprint density at radius 2 is 1.31 bits per heavy atom. The topological polar surface area (TPSA) is 195 Å². The maximum absolute atomic E-state index is 11.4. The summed E-state index contributed by atoms with van der Waals surface area (Å²) in [5.41, 5.74) is 0. The van der Waals surface area contributed by atoms with Crippen molar-refractivity contribution in [2.75, 3.05) is 33.0 Å². The second kappa shape index (κ2) is 12.9. The van der Waals surface area contributed by atoms with Crippen molar-refractivity contribution < 1.29 is 58.7 Å². The van der Waals surface area contributed by atoms with E-state index in [1.807, 2.05) is 13.8 Å². The lowest BCUT2D eigenvalue weighted by Gasteiger charge is -2.45. The largest absolute Gasteiger partial charge is 0.397 e. The molecule has 2 heterocycles. The number of aliphatic hydroxyl groups excluding tert-OH is 2. The summed E-state index contributed by atoms with van der Waals surface area (Å²) in [6, 6.07) is 0. The minimum atomic E-state index is -4.80. The van der Waals surface area contributed by atoms with E-state index in [2.05, 4.69) is 4.18 Å². The van der Waals surface area contributed by atoms with Gasteiger partial charge in [0.1, 0.15) is 6.10 Å². The zero-order valence-corrected chi connectivity index (χ0v) is 21.9. The first kappa shape index (κ1) is 30.8. The van der Waals surface area contributed by atoms with Crippen molar-refractivity contribution in [2.45, 2.75) is 64.6 Å². The van der Waals surface area contributed by atoms with E-state index in [0.29, 0.717) is 0 Å². The number of hydrogen-bond donors (Lipinski definition) is 4. The first-order valence-corrected chi connectivity index (χ1v) is 14.3. The van der Waals surface area contributed by atoms with Gasteiger partial charge in [0.15, 0.2) is 0 Å². The highest BCUT2D eigenvalue weighted by Gasteiger charge is 2.46. The number of aliphatic hydroxyl groups is 2. The highest BCUT2D eigenvalue weighted by atomic mass is 32.3. The lowest BCUT2D eigenvalue weighted by Crippen LogP contribution is -2.54. The molecule has 2 aliphatic heterocycles. The molecule has 2 fully saturated rings. The maximum atomic E-state index is 11.4. The summed E-state index contributed by atoms with van der Waals surface area (Å²) in [5.74, 6) is -1.50. The SMILES string of the molecule is CC[C@H]1OC(COS(=O)(=O)O)[C@H](COC[C@@H]2OC(CO)[C@H](C)[C@@H](CO)C2C)[C@@H](C)C1OS(=O)(=O)O. The summed E-state index contributed by atoms with van der Waals surface area (Å²) in [7, 11) is -9.55. The fraction of sp³-hybridized carbons (Fsp3) is 1.00. The Morgan fingerprint density at radius 1 is 0.714 bits per heavy atom. The van der Waals surface area contributed by atoms with Crippen molar-refractivity contribution in [1.82, 2.24) is 0 Å². The molecule has 13 nitrogen and oxygen atoms in total. The van der Waals surface area contributed by atoms with E-state index in [1.165, 1.54) is 0 Å². The van der Waals surface area contributed by atoms with Crippen molar-refractivity contribution in [3.8, 4) is 0 Å². The van der Waals surface area contributed by atoms with Gasteiger partial charge in [0.05, 0.1) is 50.8 Å². The van der Waals surface area contributed by atoms with Gasteiger partial charge in [-0.3, -0.25) is 9.11 Å². The van der Waals surface area contributed by atoms with Crippen LogP contribution in [0.1, 0.15) is 34.1 Å². The zero-order chi connectivity index (χ0) is 26.6. The average Bonchev–Trinajstić information content (AvgIpc) is 2.75. The molecule has 0 saturated carbocycles. The molecule has 0 aromatic carbocycles. The van der Waals surface area contributed by atoms with Crippen molar-refractivity contribution in [1.29, 1.82) is 0 Å². The van der Waals surface area contributed by atoms with Gasteiger partial charge in [0, 0.05) is 12.5 Å². The molecule has 2 saturated heterocycles. The summed E-state index contributed by atoms with van der Waals surface area (Å²) in [5, 5.41) is 19.4. The zero-order valence-electron chi connectivity index (χ0n) is 20.3. The molecule has 0 aromatic heterocycles. The van der Waals surface area contributed by atoms with Crippen LogP contribution in [0.3, 0.4) is 0 Å². The molecule has 0 radical (unpaired) electrons. The third-order valence-corrected chi connectivity index (χ3v) is 8.16. The Kier molecular flexibility index (Phi) is 11.3. The molecule has 2 rings (SSSR count). The minimum absolute atomic E-state index is 0.0435. The van der Waals surface area contributed by atoms with Gasteiger partial charge in [-0.25, -0.2) is 8.37 Å². The Bertz CT molecular complexity index is 862. The van der Waals surface area contributed by atoms with E-state index < -0.39 is 69.8 Å². The first-order valence-electron chi connectivity index (χ1n) is 11.6. The summed E-state index contributed by atoms with van der Waals surface area (Å²) in [4.78, 5) is 0. The molecule has 0 spiro atoms. The maximum Gasteiger partial charge on any atom is 0.397 e. The highest BCUT2D eigenvalue weighted by molar-refractivity contribution is 7.81. The van der Waals surface area contributed by atoms with Crippen LogP contribution in [-0.4, -0.2) is 99.7 Å². The van der Waals surface area contributed by atoms with Gasteiger partial charge in [-0.15, -0.1) is 0 Å². The van der Waals surface area contributed by atoms with Gasteiger partial charge in [0.25, 0.3) is 0 Å². The van der Waals surface area contributed by atoms with Gasteiger partial charge in [-0.1, -0.05) is 27.7 Å². The van der Waals surface area contributed by atoms with E-state index in [4.69, 9.17) is 22.9 Å². The second-order valence-electron chi connectivity index (χ2n) is 9.34. The molecule has 4 N–H and O–H groups in total. The average molecular weight is 551 g/mol. The summed E-state index contributed by atoms with van der Waals surface area (Å²) >= 11 is 0. The molecule has 208 valence electrons. The van der Waals surface area contributed by atoms with Crippen molar-refractivity contribution >= 4 is 20.8 Å². The molecule has 0 aromatic rings. The Labute approximate surface area is 206 Å². The lowest BCUT2D eigenvalue weighted by molar-refractivity contribution is -0.199. The highest BCUT2D eigenvalue weighted by Crippen LogP contribution is 2.37. The smallest absolute Gasteiger partial charge is 0.396 e. The fourth-order valence-corrected chi connectivity index (χ4v) is 5.96. The van der Waals surface area contributed by atoms with E-state index in [-0.39, 0.29) is 50.6 Å². The van der Waals surface area contributed by atoms with Crippen molar-refractivity contribution in [2.24, 2.45) is 29.6 Å². The van der Waals surface area contributed by atoms with Crippen molar-refractivity contribution in [3.05, 3.63) is 0 Å². The van der Waals surface area contributed by atoms with Gasteiger partial charge in [-0.05, 0) is 30.1 Å². The van der Waals surface area contributed by atoms with Crippen LogP contribution < -0.4 is 0 Å². The van der Waals surface area contributed by atoms with E-state index >= 15 is 0 Å². The van der Waals surface area contributed by atoms with Crippen LogP contribution in [0.5, 0.6) is 0 Å². The molecule has 2 aliphatic rings. The molecule has 10 atom stereocenters. The van der Waals surface area contributed by atoms with E-state index in [0.717, 1.165) is 0 Å². The number of hydrogen-bond acceptors (Lipinski definition) is 11. The monoisotopic (exact) mass is 550 g/mol. The second-order valence-corrected chi connectivity index (χ2v) is 11.5. The predicted molar refractivity (Wildman–Crippen MR) is 121 cm³/mol. The normalized spacial score (nSPS) is 39.0. The summed E-state index contributed by atoms with van der Waals surface area (Å²) < 4.78 is 90.3. The van der Waals surface area contributed by atoms with Crippen LogP contribution in [-0.2, 0) is 43.4 Å². The van der Waals surface area contributed by atoms with Crippen molar-refractivity contribution in [3.63, 3.8) is 0 Å². The van der Waals surface area contributed by atoms with Gasteiger partial charge in [0.2, 0.25) is 0 Å². The molecule has 15 heteroatoms. The minimum Gasteiger partial charge on any atom is -0.396 e. The van der Waals surface area contributed by atoms with E-state index in [1.54, 1.807) is 13.8 Å². The molecular formula is C20H38O13S2. The van der Waals surface area contributed by atoms with Gasteiger partial charge in [-0.2, -0.15) is 16.8 Å². The fourth-order valence-electron chi connectivity index (χ4n) is 5.07. The third kappa shape index (κ3) is 8.53. The van der Waals surface area contributed by atoms with Crippen LogP contribution in [0.25, 0.3) is 0 Å². The summed E-state index contributed by atoms with van der Waals surface area (Å²) in [6.07, 6.45) is -3.41. The molecule has 4 unspecified atom stereocenters. The number of rotatable bonds is 12. The Morgan fingerprint density at radius 3 is 1.83 bits per heavy atom. The summed E-state index contributed by atoms with van der Waals surface area (Å²) in [6.45, 7) is 6.37. The van der Waals surface area contributed by atoms with Crippen LogP contribution >= 0.6 is 0 Å². The standard InChI is InChI=1S/C20H38O13S2/c1-5-16-20(33-35(26,27)28)13(4)15(19(31-16)10-30-34(23,24)25)8-29-9-18-12(3)14(6-21)11(2)17(7-22)32-18/h11-22H,5-10H2,1-4H3,(H,23,24,25)(H,26,27,28)/t11-,12?,13-,14-,15-,16-,17?,18+,19?,20?/m1/s1. The van der Waals surface area contributed by atoms with Crippen LogP contribution in [0.2, 0.25) is 0 Å². The quantitative estimate of drug-likeness (QED) is 0.239. The Hall–Kier alpha value is -0.460. The van der Waals surface area contributed by atoms with E-state index in [9.17, 15) is 31.6 Å². The van der Waals surface area contributed by atoms with Gasteiger partial charge < -0.3 is 24.4 Å². The third-order valence-electron chi connectivity index (χ3n) is 7.26. The molecule has 0 bridgehead atoms. The molecular weight excluding hydrogens is 512 g/mol. The lowest BCUT2D eigenvalue weighted by atomic mass is 9.76. The number of ether oxygens (including phenoxy) is 3.